The van der Waals surface area contributed by atoms with E-state index in [0.29, 0.717) is 0 Å². The molecule has 1 radical (unpaired) electrons. The van der Waals surface area contributed by atoms with E-state index in [1.165, 1.54) is 23.8 Å². The van der Waals surface area contributed by atoms with Crippen LogP contribution in [-0.4, -0.2) is 14.7 Å². The van der Waals surface area contributed by atoms with Gasteiger partial charge in [0, 0.05) is 17.1 Å². The van der Waals surface area contributed by atoms with Crippen LogP contribution in [0.4, 0.5) is 0 Å². The van der Waals surface area contributed by atoms with Crippen LogP contribution >= 0.6 is 0 Å². The Bertz CT molecular complexity index is 1070. The van der Waals surface area contributed by atoms with Gasteiger partial charge in [0.05, 0.1) is 0 Å². The average Bonchev–Trinajstić information content (AvgIpc) is 3.38. The van der Waals surface area contributed by atoms with Crippen LogP contribution in [0.15, 0.2) is 133 Å². The Morgan fingerprint density at radius 1 is 0.455 bits per heavy atom. The summed E-state index contributed by atoms with van der Waals surface area (Å²) < 4.78 is 19.4. The Balaban J connectivity index is 0.000000327. The monoisotopic (exact) mass is 532 g/mol. The van der Waals surface area contributed by atoms with Gasteiger partial charge < -0.3 is 0 Å². The van der Waals surface area contributed by atoms with Crippen LogP contribution in [0.5, 0.6) is 0 Å². The molecule has 0 aliphatic carbocycles. The molecule has 0 heterocycles. The van der Waals surface area contributed by atoms with Crippen molar-refractivity contribution in [1.82, 2.24) is 0 Å². The number of hydrogen-bond donors (Lipinski definition) is 0. The van der Waals surface area contributed by atoms with Gasteiger partial charge >= 0.3 is 141 Å². The minimum absolute atomic E-state index is 0. The molecule has 0 amide bonds. The topological polar surface area (TPSA) is 39.8 Å². The zero-order chi connectivity index (χ0) is 23.0. The first kappa shape index (κ1) is 28.1. The Kier molecular flexibility index (Phi) is 14.2. The summed E-state index contributed by atoms with van der Waals surface area (Å²) in [7, 11) is 0. The van der Waals surface area contributed by atoms with E-state index < -0.39 is 14.7 Å². The molecule has 0 aliphatic heterocycles. The average molecular weight is 532 g/mol. The summed E-state index contributed by atoms with van der Waals surface area (Å²) in [6.45, 7) is 9.00. The number of benzene rings is 4. The minimum atomic E-state index is -1.39. The van der Waals surface area contributed by atoms with Gasteiger partial charge in [-0.3, -0.25) is 0 Å². The van der Waals surface area contributed by atoms with Crippen molar-refractivity contribution in [2.75, 3.05) is 0 Å². The van der Waals surface area contributed by atoms with Gasteiger partial charge in [-0.25, -0.2) is 0 Å². The van der Waals surface area contributed by atoms with Crippen LogP contribution < -0.4 is 13.1 Å². The molecule has 0 spiro atoms. The second-order valence-electron chi connectivity index (χ2n) is 6.50. The summed E-state index contributed by atoms with van der Waals surface area (Å²) in [5.74, 6) is 0. The van der Waals surface area contributed by atoms with Crippen molar-refractivity contribution in [2.24, 2.45) is 0 Å². The van der Waals surface area contributed by atoms with Crippen LogP contribution in [0.25, 0.3) is 10.8 Å². The molecule has 163 valence electrons. The molecular formula is C29H22AsMnO2-. The summed E-state index contributed by atoms with van der Waals surface area (Å²) in [6.07, 6.45) is 0. The third kappa shape index (κ3) is 8.48. The molecule has 0 unspecified atom stereocenters. The molecule has 0 aliphatic rings. The molecule has 4 heteroatoms. The number of rotatable bonds is 3. The van der Waals surface area contributed by atoms with E-state index in [-0.39, 0.29) is 17.1 Å². The van der Waals surface area contributed by atoms with Crippen LogP contribution in [0.2, 0.25) is 0 Å². The van der Waals surface area contributed by atoms with Crippen LogP contribution in [0.1, 0.15) is 0 Å². The van der Waals surface area contributed by atoms with Gasteiger partial charge in [-0.15, -0.1) is 35.7 Å². The molecule has 0 atom stereocenters. The first-order valence-corrected chi connectivity index (χ1v) is 12.7. The predicted molar refractivity (Wildman–Crippen MR) is 131 cm³/mol. The van der Waals surface area contributed by atoms with Crippen LogP contribution in [0.3, 0.4) is 0 Å². The number of hydrogen-bond acceptors (Lipinski definition) is 0. The molecule has 5 aromatic rings. The molecule has 2 nitrogen and oxygen atoms in total. The van der Waals surface area contributed by atoms with Crippen molar-refractivity contribution in [3.05, 3.63) is 147 Å². The summed E-state index contributed by atoms with van der Waals surface area (Å²) in [4.78, 5) is 0. The van der Waals surface area contributed by atoms with Gasteiger partial charge in [0.15, 0.2) is 0 Å². The quantitative estimate of drug-likeness (QED) is 0.184. The third-order valence-electron chi connectivity index (χ3n) is 4.59. The third-order valence-corrected chi connectivity index (χ3v) is 9.72. The molecular weight excluding hydrogens is 510 g/mol. The summed E-state index contributed by atoms with van der Waals surface area (Å²) >= 11 is -1.39. The molecule has 0 aromatic heterocycles. The molecule has 0 N–H and O–H groups in total. The SMILES string of the molecule is [C-]#[O+].[C-]#[O+].[Mn].c1cc[c-]2cccc2c1.c1ccc([As](c2ccccc2)c2ccccc2)cc1. The van der Waals surface area contributed by atoms with Gasteiger partial charge in [-0.2, -0.15) is 12.1 Å². The predicted octanol–water partition coefficient (Wildman–Crippen LogP) is 4.68. The molecule has 0 saturated heterocycles. The zero-order valence-corrected chi connectivity index (χ0v) is 20.9. The van der Waals surface area contributed by atoms with E-state index >= 15 is 0 Å². The number of fused-ring (bicyclic) bond motifs is 1. The fraction of sp³-hybridized carbons (Fsp3) is 0. The van der Waals surface area contributed by atoms with Crippen LogP contribution in [-0.2, 0) is 26.4 Å². The Labute approximate surface area is 210 Å². The fourth-order valence-corrected chi connectivity index (χ4v) is 8.08. The van der Waals surface area contributed by atoms with Gasteiger partial charge in [-0.1, -0.05) is 5.39 Å². The van der Waals surface area contributed by atoms with Crippen molar-refractivity contribution in [3.63, 3.8) is 0 Å². The first-order chi connectivity index (χ1) is 15.9. The summed E-state index contributed by atoms with van der Waals surface area (Å²) in [6, 6.07) is 47.4. The van der Waals surface area contributed by atoms with E-state index in [1.54, 1.807) is 0 Å². The molecule has 0 fully saturated rings. The van der Waals surface area contributed by atoms with Gasteiger partial charge in [-0.05, 0) is 0 Å². The fourth-order valence-electron chi connectivity index (χ4n) is 3.25. The maximum atomic E-state index is 7.50. The summed E-state index contributed by atoms with van der Waals surface area (Å²) in [5.41, 5.74) is 0. The van der Waals surface area contributed by atoms with E-state index in [9.17, 15) is 0 Å². The molecule has 0 saturated carbocycles. The summed E-state index contributed by atoms with van der Waals surface area (Å²) in [5, 5.41) is 2.66. The zero-order valence-electron chi connectivity index (χ0n) is 17.8. The molecule has 5 aromatic carbocycles. The normalized spacial score (nSPS) is 9.00. The molecule has 5 rings (SSSR count). The van der Waals surface area contributed by atoms with Gasteiger partial charge in [0.2, 0.25) is 0 Å². The van der Waals surface area contributed by atoms with Crippen molar-refractivity contribution in [1.29, 1.82) is 0 Å². The van der Waals surface area contributed by atoms with Gasteiger partial charge in [0.1, 0.15) is 0 Å². The Morgan fingerprint density at radius 2 is 0.788 bits per heavy atom. The second kappa shape index (κ2) is 16.6. The van der Waals surface area contributed by atoms with Crippen molar-refractivity contribution >= 4 is 38.5 Å². The molecule has 0 bridgehead atoms. The standard InChI is InChI=1S/C18H15As.C9H7.2CO.Mn/c1-4-10-16(11-5-1)19(17-12-6-2-7-13-17)18-14-8-3-9-15-18;1-2-5-9-7-3-6-8(9)4-1;2*1-2;/h1-15H;1-7H;;;/q;-1;;;. The second-order valence-corrected chi connectivity index (χ2v) is 11.2. The van der Waals surface area contributed by atoms with Gasteiger partial charge in [0.25, 0.3) is 0 Å². The van der Waals surface area contributed by atoms with E-state index in [2.05, 4.69) is 147 Å². The van der Waals surface area contributed by atoms with E-state index in [4.69, 9.17) is 9.30 Å². The van der Waals surface area contributed by atoms with Crippen molar-refractivity contribution in [2.45, 2.75) is 0 Å². The Hall–Kier alpha value is -2.95. The van der Waals surface area contributed by atoms with E-state index in [1.807, 2.05) is 0 Å². The van der Waals surface area contributed by atoms with E-state index in [0.717, 1.165) is 0 Å². The maximum absolute atomic E-state index is 7.50. The van der Waals surface area contributed by atoms with Crippen molar-refractivity contribution in [3.8, 4) is 0 Å². The van der Waals surface area contributed by atoms with Crippen LogP contribution in [0, 0.1) is 13.3 Å². The first-order valence-electron chi connectivity index (χ1n) is 9.88. The Morgan fingerprint density at radius 3 is 1.18 bits per heavy atom. The molecule has 33 heavy (non-hydrogen) atoms. The van der Waals surface area contributed by atoms with Crippen molar-refractivity contribution < 1.29 is 26.4 Å².